The highest BCUT2D eigenvalue weighted by Crippen LogP contribution is 2.67. The van der Waals surface area contributed by atoms with Gasteiger partial charge >= 0.3 is 0 Å². The predicted molar refractivity (Wildman–Crippen MR) is 206 cm³/mol. The van der Waals surface area contributed by atoms with Crippen molar-refractivity contribution in [3.63, 3.8) is 0 Å². The van der Waals surface area contributed by atoms with Crippen LogP contribution < -0.4 is 0 Å². The van der Waals surface area contributed by atoms with E-state index in [1.807, 2.05) is 0 Å². The summed E-state index contributed by atoms with van der Waals surface area (Å²) >= 11 is 0. The molecule has 5 aliphatic rings. The van der Waals surface area contributed by atoms with Gasteiger partial charge in [0.2, 0.25) is 0 Å². The molecule has 0 nitrogen and oxygen atoms in total. The molecule has 2 spiro atoms. The van der Waals surface area contributed by atoms with Crippen molar-refractivity contribution >= 4 is 5.57 Å². The van der Waals surface area contributed by atoms with Crippen LogP contribution in [-0.4, -0.2) is 0 Å². The van der Waals surface area contributed by atoms with E-state index in [1.54, 1.807) is 0 Å². The van der Waals surface area contributed by atoms with Gasteiger partial charge in [0.15, 0.2) is 0 Å². The lowest BCUT2D eigenvalue weighted by molar-refractivity contribution is 0.631. The molecular weight excluding hydrogens is 601 g/mol. The Hall–Kier alpha value is -5.72. The third kappa shape index (κ3) is 3.28. The summed E-state index contributed by atoms with van der Waals surface area (Å²) in [7, 11) is 0. The largest absolute Gasteiger partial charge is 0.0767 e. The second-order valence-electron chi connectivity index (χ2n) is 14.8. The van der Waals surface area contributed by atoms with Crippen LogP contribution >= 0.6 is 0 Å². The lowest BCUT2D eigenvalue weighted by atomic mass is 9.52. The van der Waals surface area contributed by atoms with Crippen molar-refractivity contribution in [1.82, 2.24) is 0 Å². The Kier molecular flexibility index (Phi) is 5.59. The van der Waals surface area contributed by atoms with Gasteiger partial charge in [0.1, 0.15) is 0 Å². The number of rotatable bonds is 1. The van der Waals surface area contributed by atoms with Gasteiger partial charge < -0.3 is 0 Å². The zero-order valence-electron chi connectivity index (χ0n) is 28.4. The number of allylic oxidation sites excluding steroid dienone is 8. The molecule has 0 aromatic heterocycles. The molecule has 0 aliphatic heterocycles. The Balaban J connectivity index is 1.33. The molecule has 1 unspecified atom stereocenters. The van der Waals surface area contributed by atoms with Crippen molar-refractivity contribution < 1.29 is 0 Å². The van der Waals surface area contributed by atoms with Crippen LogP contribution in [0.4, 0.5) is 0 Å². The molecule has 236 valence electrons. The van der Waals surface area contributed by atoms with Crippen molar-refractivity contribution in [2.45, 2.75) is 31.1 Å². The van der Waals surface area contributed by atoms with Crippen LogP contribution in [0.3, 0.4) is 0 Å². The summed E-state index contributed by atoms with van der Waals surface area (Å²) in [4.78, 5) is 0. The van der Waals surface area contributed by atoms with Crippen LogP contribution in [0.25, 0.3) is 27.8 Å². The van der Waals surface area contributed by atoms with Crippen molar-refractivity contribution in [3.05, 3.63) is 231 Å². The van der Waals surface area contributed by atoms with E-state index < -0.39 is 10.8 Å². The van der Waals surface area contributed by atoms with E-state index in [0.717, 1.165) is 6.42 Å². The number of fused-ring (bicyclic) bond motifs is 17. The maximum atomic E-state index is 2.64. The van der Waals surface area contributed by atoms with Crippen LogP contribution in [-0.2, 0) is 10.8 Å². The van der Waals surface area contributed by atoms with E-state index in [-0.39, 0.29) is 0 Å². The second kappa shape index (κ2) is 9.93. The zero-order valence-corrected chi connectivity index (χ0v) is 28.4. The van der Waals surface area contributed by atoms with E-state index in [2.05, 4.69) is 178 Å². The Labute approximate surface area is 294 Å². The number of hydrogen-bond donors (Lipinski definition) is 0. The molecule has 0 heterocycles. The standard InChI is InChI=1S/C50H36/c1-31-27-33-15-3-4-16-34(33)29-39(31)40-30-48-47(28-32(40)2)49(41-21-9-5-17-35(41)36-18-6-10-22-42(36)49)45-25-13-14-26-46(45)50(48)43-23-11-7-19-37(43)38-20-8-12-24-44(38)50/h3-28,30,34H,29H2,1-2H3. The van der Waals surface area contributed by atoms with Crippen LogP contribution in [0.1, 0.15) is 69.0 Å². The Bertz CT molecular complexity index is 2510. The molecule has 0 bridgehead atoms. The molecule has 0 N–H and O–H groups in total. The molecule has 1 atom stereocenters. The molecular formula is C50H36. The zero-order chi connectivity index (χ0) is 33.2. The van der Waals surface area contributed by atoms with E-state index in [4.69, 9.17) is 0 Å². The van der Waals surface area contributed by atoms with Gasteiger partial charge in [-0.25, -0.2) is 0 Å². The molecule has 0 saturated carbocycles. The molecule has 11 rings (SSSR count). The second-order valence-corrected chi connectivity index (χ2v) is 14.8. The van der Waals surface area contributed by atoms with Gasteiger partial charge in [-0.3, -0.25) is 0 Å². The minimum atomic E-state index is -0.461. The normalized spacial score (nSPS) is 18.9. The Morgan fingerprint density at radius 2 is 0.900 bits per heavy atom. The summed E-state index contributed by atoms with van der Waals surface area (Å²) < 4.78 is 0. The summed E-state index contributed by atoms with van der Waals surface area (Å²) in [6.07, 6.45) is 12.5. The molecule has 0 fully saturated rings. The SMILES string of the molecule is CC1=C(c2cc3c(cc2C)C2(c4ccccc4-c4ccccc42)c2ccccc2C32c3ccccc3-c3ccccc32)CC2C=CC=CC2=C1. The van der Waals surface area contributed by atoms with E-state index in [9.17, 15) is 0 Å². The first kappa shape index (κ1) is 28.2. The van der Waals surface area contributed by atoms with Crippen LogP contribution in [0.2, 0.25) is 0 Å². The lowest BCUT2D eigenvalue weighted by Gasteiger charge is -2.49. The molecule has 6 aromatic rings. The fraction of sp³-hybridized carbons (Fsp3) is 0.120. The topological polar surface area (TPSA) is 0 Å². The number of benzene rings is 6. The third-order valence-electron chi connectivity index (χ3n) is 12.6. The van der Waals surface area contributed by atoms with Crippen LogP contribution in [0.15, 0.2) is 175 Å². The van der Waals surface area contributed by atoms with Crippen molar-refractivity contribution in [2.24, 2.45) is 5.92 Å². The average molecular weight is 637 g/mol. The van der Waals surface area contributed by atoms with Gasteiger partial charge in [0.25, 0.3) is 0 Å². The van der Waals surface area contributed by atoms with Gasteiger partial charge in [-0.1, -0.05) is 158 Å². The summed E-state index contributed by atoms with van der Waals surface area (Å²) in [6, 6.07) is 51.4. The van der Waals surface area contributed by atoms with E-state index in [1.165, 1.54) is 94.6 Å². The van der Waals surface area contributed by atoms with Crippen molar-refractivity contribution in [3.8, 4) is 22.3 Å². The monoisotopic (exact) mass is 636 g/mol. The minimum Gasteiger partial charge on any atom is -0.0767 e. The fourth-order valence-electron chi connectivity index (χ4n) is 10.7. The van der Waals surface area contributed by atoms with Gasteiger partial charge in [-0.2, -0.15) is 0 Å². The quantitative estimate of drug-likeness (QED) is 0.168. The van der Waals surface area contributed by atoms with Gasteiger partial charge in [0, 0.05) is 5.92 Å². The first-order valence-corrected chi connectivity index (χ1v) is 18.0. The molecule has 0 radical (unpaired) electrons. The molecule has 50 heavy (non-hydrogen) atoms. The van der Waals surface area contributed by atoms with E-state index >= 15 is 0 Å². The van der Waals surface area contributed by atoms with Gasteiger partial charge in [0.05, 0.1) is 10.8 Å². The van der Waals surface area contributed by atoms with Gasteiger partial charge in [-0.05, 0) is 121 Å². The summed E-state index contributed by atoms with van der Waals surface area (Å²) in [5, 5.41) is 0. The first-order chi connectivity index (χ1) is 24.6. The summed E-state index contributed by atoms with van der Waals surface area (Å²) in [6.45, 7) is 4.68. The summed E-state index contributed by atoms with van der Waals surface area (Å²) in [5.74, 6) is 0.414. The number of aryl methyl sites for hydroxylation is 1. The molecule has 6 aromatic carbocycles. The smallest absolute Gasteiger partial charge is 0.0720 e. The predicted octanol–water partition coefficient (Wildman–Crippen LogP) is 11.9. The van der Waals surface area contributed by atoms with Crippen LogP contribution in [0.5, 0.6) is 0 Å². The minimum absolute atomic E-state index is 0.414. The molecule has 0 saturated heterocycles. The molecule has 0 amide bonds. The van der Waals surface area contributed by atoms with E-state index in [0.29, 0.717) is 5.92 Å². The number of hydrogen-bond acceptors (Lipinski definition) is 0. The maximum absolute atomic E-state index is 2.64. The third-order valence-corrected chi connectivity index (χ3v) is 12.6. The highest BCUT2D eigenvalue weighted by Gasteiger charge is 2.59. The first-order valence-electron chi connectivity index (χ1n) is 18.0. The van der Waals surface area contributed by atoms with Gasteiger partial charge in [-0.15, -0.1) is 0 Å². The van der Waals surface area contributed by atoms with Crippen molar-refractivity contribution in [1.29, 1.82) is 0 Å². The van der Waals surface area contributed by atoms with Crippen LogP contribution in [0, 0.1) is 12.8 Å². The highest BCUT2D eigenvalue weighted by atomic mass is 14.6. The fourth-order valence-corrected chi connectivity index (χ4v) is 10.7. The molecule has 0 heteroatoms. The Morgan fingerprint density at radius 1 is 0.460 bits per heavy atom. The Morgan fingerprint density at radius 3 is 1.40 bits per heavy atom. The van der Waals surface area contributed by atoms with Crippen molar-refractivity contribution in [2.75, 3.05) is 0 Å². The highest BCUT2D eigenvalue weighted by molar-refractivity contribution is 5.94. The maximum Gasteiger partial charge on any atom is 0.0720 e. The lowest BCUT2D eigenvalue weighted by Crippen LogP contribution is -2.44. The average Bonchev–Trinajstić information content (AvgIpc) is 3.63. The molecule has 5 aliphatic carbocycles. The summed E-state index contributed by atoms with van der Waals surface area (Å²) in [5.41, 5.74) is 22.6.